The Balaban J connectivity index is 1.69. The summed E-state index contributed by atoms with van der Waals surface area (Å²) in [7, 11) is 0. The molecule has 0 saturated heterocycles. The number of hydrogen-bond acceptors (Lipinski definition) is 2. The van der Waals surface area contributed by atoms with E-state index in [0.717, 1.165) is 19.5 Å². The molecule has 0 bridgehead atoms. The highest BCUT2D eigenvalue weighted by atomic mass is 15.3. The van der Waals surface area contributed by atoms with Gasteiger partial charge in [-0.05, 0) is 25.0 Å². The second-order valence-electron chi connectivity index (χ2n) is 4.31. The van der Waals surface area contributed by atoms with Crippen LogP contribution in [0.15, 0.2) is 48.8 Å². The van der Waals surface area contributed by atoms with E-state index in [4.69, 9.17) is 0 Å². The standard InChI is InChI=1S/C14H19N3/c1-13(12-14-6-3-2-4-7-14)15-9-11-17-10-5-8-16-17/h2-8,10,13,15H,9,11-12H2,1H3. The highest BCUT2D eigenvalue weighted by Crippen LogP contribution is 2.02. The average molecular weight is 229 g/mol. The van der Waals surface area contributed by atoms with Crippen molar-refractivity contribution in [2.24, 2.45) is 0 Å². The Morgan fingerprint density at radius 1 is 1.24 bits per heavy atom. The second-order valence-corrected chi connectivity index (χ2v) is 4.31. The molecule has 0 fully saturated rings. The van der Waals surface area contributed by atoms with Gasteiger partial charge >= 0.3 is 0 Å². The molecule has 17 heavy (non-hydrogen) atoms. The first-order chi connectivity index (χ1) is 8.34. The first kappa shape index (κ1) is 11.9. The normalized spacial score (nSPS) is 12.5. The fourth-order valence-electron chi connectivity index (χ4n) is 1.90. The Morgan fingerprint density at radius 3 is 2.76 bits per heavy atom. The minimum Gasteiger partial charge on any atom is -0.312 e. The lowest BCUT2D eigenvalue weighted by Gasteiger charge is -2.13. The lowest BCUT2D eigenvalue weighted by molar-refractivity contribution is 0.493. The van der Waals surface area contributed by atoms with Crippen LogP contribution in [-0.4, -0.2) is 22.4 Å². The van der Waals surface area contributed by atoms with Crippen LogP contribution in [0.3, 0.4) is 0 Å². The maximum absolute atomic E-state index is 4.17. The van der Waals surface area contributed by atoms with Gasteiger partial charge in [0, 0.05) is 25.0 Å². The first-order valence-electron chi connectivity index (χ1n) is 6.09. The SMILES string of the molecule is CC(Cc1ccccc1)NCCn1cccn1. The third-order valence-corrected chi connectivity index (χ3v) is 2.78. The molecule has 1 atom stereocenters. The molecule has 0 aliphatic heterocycles. The molecular weight excluding hydrogens is 210 g/mol. The van der Waals surface area contributed by atoms with E-state index in [-0.39, 0.29) is 0 Å². The molecule has 2 aromatic rings. The zero-order chi connectivity index (χ0) is 11.9. The summed E-state index contributed by atoms with van der Waals surface area (Å²) in [6.07, 6.45) is 4.87. The fourth-order valence-corrected chi connectivity index (χ4v) is 1.90. The van der Waals surface area contributed by atoms with Crippen LogP contribution in [0, 0.1) is 0 Å². The summed E-state index contributed by atoms with van der Waals surface area (Å²) in [6.45, 7) is 4.10. The van der Waals surface area contributed by atoms with Crippen LogP contribution in [0.2, 0.25) is 0 Å². The summed E-state index contributed by atoms with van der Waals surface area (Å²) < 4.78 is 1.95. The molecule has 3 nitrogen and oxygen atoms in total. The van der Waals surface area contributed by atoms with Crippen molar-refractivity contribution in [2.75, 3.05) is 6.54 Å². The van der Waals surface area contributed by atoms with E-state index < -0.39 is 0 Å². The van der Waals surface area contributed by atoms with Crippen molar-refractivity contribution in [3.63, 3.8) is 0 Å². The molecule has 0 radical (unpaired) electrons. The third-order valence-electron chi connectivity index (χ3n) is 2.78. The Labute approximate surface area is 102 Å². The lowest BCUT2D eigenvalue weighted by Crippen LogP contribution is -2.31. The van der Waals surface area contributed by atoms with Crippen molar-refractivity contribution in [3.8, 4) is 0 Å². The quantitative estimate of drug-likeness (QED) is 0.822. The Kier molecular flexibility index (Phi) is 4.33. The largest absolute Gasteiger partial charge is 0.312 e. The van der Waals surface area contributed by atoms with E-state index >= 15 is 0 Å². The van der Waals surface area contributed by atoms with Gasteiger partial charge in [-0.15, -0.1) is 0 Å². The van der Waals surface area contributed by atoms with Crippen LogP contribution >= 0.6 is 0 Å². The Hall–Kier alpha value is -1.61. The van der Waals surface area contributed by atoms with E-state index in [2.05, 4.69) is 47.7 Å². The molecule has 1 N–H and O–H groups in total. The van der Waals surface area contributed by atoms with Crippen molar-refractivity contribution in [2.45, 2.75) is 25.9 Å². The van der Waals surface area contributed by atoms with E-state index in [1.165, 1.54) is 5.56 Å². The Morgan fingerprint density at radius 2 is 2.06 bits per heavy atom. The van der Waals surface area contributed by atoms with E-state index in [0.29, 0.717) is 6.04 Å². The summed E-state index contributed by atoms with van der Waals surface area (Å²) in [4.78, 5) is 0. The molecule has 1 aromatic heterocycles. The highest BCUT2D eigenvalue weighted by molar-refractivity contribution is 5.15. The molecule has 3 heteroatoms. The van der Waals surface area contributed by atoms with Crippen molar-refractivity contribution in [3.05, 3.63) is 54.4 Å². The lowest BCUT2D eigenvalue weighted by atomic mass is 10.1. The predicted octanol–water partition coefficient (Wildman–Crippen LogP) is 2.10. The minimum atomic E-state index is 0.493. The van der Waals surface area contributed by atoms with Crippen LogP contribution < -0.4 is 5.32 Å². The number of benzene rings is 1. The summed E-state index contributed by atoms with van der Waals surface area (Å²) >= 11 is 0. The molecule has 0 saturated carbocycles. The van der Waals surface area contributed by atoms with Crippen molar-refractivity contribution in [1.29, 1.82) is 0 Å². The molecule has 0 amide bonds. The van der Waals surface area contributed by atoms with Crippen LogP contribution in [0.25, 0.3) is 0 Å². The number of rotatable bonds is 6. The highest BCUT2D eigenvalue weighted by Gasteiger charge is 2.02. The van der Waals surface area contributed by atoms with E-state index in [9.17, 15) is 0 Å². The van der Waals surface area contributed by atoms with Gasteiger partial charge in [0.1, 0.15) is 0 Å². The van der Waals surface area contributed by atoms with Gasteiger partial charge in [0.05, 0.1) is 6.54 Å². The van der Waals surface area contributed by atoms with Gasteiger partial charge in [-0.1, -0.05) is 30.3 Å². The molecule has 0 aliphatic carbocycles. The topological polar surface area (TPSA) is 29.9 Å². The zero-order valence-electron chi connectivity index (χ0n) is 10.2. The molecular formula is C14H19N3. The van der Waals surface area contributed by atoms with Crippen molar-refractivity contribution < 1.29 is 0 Å². The predicted molar refractivity (Wildman–Crippen MR) is 69.8 cm³/mol. The van der Waals surface area contributed by atoms with Crippen LogP contribution in [0.5, 0.6) is 0 Å². The first-order valence-corrected chi connectivity index (χ1v) is 6.09. The van der Waals surface area contributed by atoms with E-state index in [1.54, 1.807) is 0 Å². The van der Waals surface area contributed by atoms with Gasteiger partial charge in [0.15, 0.2) is 0 Å². The van der Waals surface area contributed by atoms with Crippen LogP contribution in [-0.2, 0) is 13.0 Å². The zero-order valence-corrected chi connectivity index (χ0v) is 10.2. The number of hydrogen-bond donors (Lipinski definition) is 1. The minimum absolute atomic E-state index is 0.493. The number of aromatic nitrogens is 2. The maximum atomic E-state index is 4.17. The molecule has 1 heterocycles. The van der Waals surface area contributed by atoms with Gasteiger partial charge in [-0.25, -0.2) is 0 Å². The monoisotopic (exact) mass is 229 g/mol. The summed E-state index contributed by atoms with van der Waals surface area (Å²) in [5.41, 5.74) is 1.38. The maximum Gasteiger partial charge on any atom is 0.0534 e. The smallest absolute Gasteiger partial charge is 0.0534 e. The summed E-state index contributed by atoms with van der Waals surface area (Å²) in [5.74, 6) is 0. The molecule has 0 spiro atoms. The molecule has 2 rings (SSSR count). The van der Waals surface area contributed by atoms with Gasteiger partial charge in [0.2, 0.25) is 0 Å². The van der Waals surface area contributed by atoms with Crippen LogP contribution in [0.1, 0.15) is 12.5 Å². The third kappa shape index (κ3) is 4.04. The molecule has 0 aliphatic rings. The molecule has 1 aromatic carbocycles. The molecule has 90 valence electrons. The van der Waals surface area contributed by atoms with E-state index in [1.807, 2.05) is 23.1 Å². The van der Waals surface area contributed by atoms with Gasteiger partial charge in [-0.2, -0.15) is 5.10 Å². The van der Waals surface area contributed by atoms with Crippen molar-refractivity contribution in [1.82, 2.24) is 15.1 Å². The number of nitrogens with zero attached hydrogens (tertiary/aromatic N) is 2. The van der Waals surface area contributed by atoms with Gasteiger partial charge in [0.25, 0.3) is 0 Å². The number of nitrogens with one attached hydrogen (secondary N) is 1. The molecule has 1 unspecified atom stereocenters. The van der Waals surface area contributed by atoms with Gasteiger partial charge in [-0.3, -0.25) is 4.68 Å². The average Bonchev–Trinajstić information content (AvgIpc) is 2.83. The summed E-state index contributed by atoms with van der Waals surface area (Å²) in [5, 5.41) is 7.68. The summed E-state index contributed by atoms with van der Waals surface area (Å²) in [6, 6.07) is 13.0. The van der Waals surface area contributed by atoms with Crippen LogP contribution in [0.4, 0.5) is 0 Å². The van der Waals surface area contributed by atoms with Crippen molar-refractivity contribution >= 4 is 0 Å². The Bertz CT molecular complexity index is 408. The fraction of sp³-hybridized carbons (Fsp3) is 0.357. The van der Waals surface area contributed by atoms with Gasteiger partial charge < -0.3 is 5.32 Å². The second kappa shape index (κ2) is 6.21.